The Morgan fingerprint density at radius 3 is 2.46 bits per heavy atom. The highest BCUT2D eigenvalue weighted by molar-refractivity contribution is 7.85. The fraction of sp³-hybridized carbons (Fsp3) is 0.412. The smallest absolute Gasteiger partial charge is 0.338 e. The predicted molar refractivity (Wildman–Crippen MR) is 113 cm³/mol. The summed E-state index contributed by atoms with van der Waals surface area (Å²) in [6.45, 7) is -0.396. The van der Waals surface area contributed by atoms with E-state index in [1.807, 2.05) is 35.7 Å². The van der Waals surface area contributed by atoms with Crippen molar-refractivity contribution in [3.63, 3.8) is 0 Å². The molecular weight excluding hydrogens is 381 g/mol. The zero-order valence-electron chi connectivity index (χ0n) is 16.3. The first-order valence-corrected chi connectivity index (χ1v) is 10.8. The molecule has 148 valence electrons. The lowest BCUT2D eigenvalue weighted by atomic mass is 9.77. The van der Waals surface area contributed by atoms with E-state index in [1.54, 1.807) is 12.2 Å². The van der Waals surface area contributed by atoms with Crippen molar-refractivity contribution >= 4 is 56.5 Å². The summed E-state index contributed by atoms with van der Waals surface area (Å²) in [5.74, 6) is -2.10. The molecule has 2 unspecified atom stereocenters. The van der Waals surface area contributed by atoms with E-state index in [-0.39, 0.29) is 5.97 Å². The molecule has 1 aromatic carbocycles. The molecule has 11 heteroatoms. The molecule has 0 heterocycles. The molecule has 1 aliphatic rings. The Labute approximate surface area is 167 Å². The minimum atomic E-state index is -4.16. The third-order valence-corrected chi connectivity index (χ3v) is 5.34. The van der Waals surface area contributed by atoms with Gasteiger partial charge in [0.15, 0.2) is 0 Å². The molecule has 7 nitrogen and oxygen atoms in total. The Morgan fingerprint density at radius 2 is 1.89 bits per heavy atom. The van der Waals surface area contributed by atoms with Gasteiger partial charge in [-0.25, -0.2) is 4.79 Å². The van der Waals surface area contributed by atoms with E-state index in [0.29, 0.717) is 18.4 Å². The molecule has 0 radical (unpaired) electrons. The molecule has 1 N–H and O–H groups in total. The fourth-order valence-corrected chi connectivity index (χ4v) is 3.59. The van der Waals surface area contributed by atoms with E-state index >= 15 is 0 Å². The summed E-state index contributed by atoms with van der Waals surface area (Å²) in [5, 5.41) is 0. The highest BCUT2D eigenvalue weighted by Crippen LogP contribution is 2.22. The summed E-state index contributed by atoms with van der Waals surface area (Å²) in [5.41, 5.74) is 3.59. The van der Waals surface area contributed by atoms with Gasteiger partial charge < -0.3 is 9.47 Å². The summed E-state index contributed by atoms with van der Waals surface area (Å²) >= 11 is 0. The van der Waals surface area contributed by atoms with E-state index in [9.17, 15) is 18.0 Å². The molecule has 2 rings (SSSR count). The van der Waals surface area contributed by atoms with Gasteiger partial charge in [-0.15, -0.1) is 0 Å². The van der Waals surface area contributed by atoms with Crippen LogP contribution >= 0.6 is 0 Å². The molecule has 0 fully saturated rings. The van der Waals surface area contributed by atoms with Gasteiger partial charge in [0.25, 0.3) is 10.1 Å². The van der Waals surface area contributed by atoms with Crippen LogP contribution in [0.2, 0.25) is 0 Å². The number of hydrogen-bond acceptors (Lipinski definition) is 6. The van der Waals surface area contributed by atoms with Gasteiger partial charge in [-0.3, -0.25) is 9.35 Å². The molecule has 0 saturated carbocycles. The van der Waals surface area contributed by atoms with Crippen LogP contribution in [0.4, 0.5) is 0 Å². The van der Waals surface area contributed by atoms with Crippen molar-refractivity contribution in [2.24, 2.45) is 5.92 Å². The Hall–Kier alpha value is -2.00. The first-order valence-electron chi connectivity index (χ1n) is 9.22. The van der Waals surface area contributed by atoms with Gasteiger partial charge in [-0.1, -0.05) is 35.5 Å². The SMILES string of the molecule is BCc1c(B)cc(B)cc1C(=O)OC1C=CC(C(=O)OCCS(=O)(=O)O)CC1. The maximum atomic E-state index is 12.6. The van der Waals surface area contributed by atoms with Gasteiger partial charge in [0.1, 0.15) is 42.0 Å². The molecule has 0 aromatic heterocycles. The third kappa shape index (κ3) is 6.27. The summed E-state index contributed by atoms with van der Waals surface area (Å²) in [6.07, 6.45) is 4.46. The van der Waals surface area contributed by atoms with E-state index in [4.69, 9.17) is 14.0 Å². The van der Waals surface area contributed by atoms with Gasteiger partial charge >= 0.3 is 11.9 Å². The number of carbonyl (C=O) groups excluding carboxylic acids is 2. The van der Waals surface area contributed by atoms with Crippen LogP contribution in [-0.2, 0) is 30.7 Å². The second kappa shape index (κ2) is 9.47. The number of esters is 2. The van der Waals surface area contributed by atoms with E-state index in [0.717, 1.165) is 22.8 Å². The summed E-state index contributed by atoms with van der Waals surface area (Å²) in [7, 11) is 1.74. The summed E-state index contributed by atoms with van der Waals surface area (Å²) in [6, 6.07) is 3.87. The van der Waals surface area contributed by atoms with Gasteiger partial charge in [0, 0.05) is 0 Å². The Kier molecular flexibility index (Phi) is 7.54. The average Bonchev–Trinajstić information content (AvgIpc) is 2.60. The number of ether oxygens (including phenoxy) is 2. The van der Waals surface area contributed by atoms with Crippen LogP contribution in [0.1, 0.15) is 28.8 Å². The van der Waals surface area contributed by atoms with Crippen LogP contribution in [0, 0.1) is 5.92 Å². The van der Waals surface area contributed by atoms with Crippen LogP contribution in [0.25, 0.3) is 0 Å². The third-order valence-electron chi connectivity index (χ3n) is 4.66. The van der Waals surface area contributed by atoms with Crippen molar-refractivity contribution in [3.05, 3.63) is 35.4 Å². The van der Waals surface area contributed by atoms with Crippen molar-refractivity contribution in [2.75, 3.05) is 12.4 Å². The van der Waals surface area contributed by atoms with E-state index < -0.39 is 40.5 Å². The number of rotatable bonds is 7. The van der Waals surface area contributed by atoms with Crippen molar-refractivity contribution in [3.8, 4) is 0 Å². The first-order chi connectivity index (χ1) is 13.1. The molecule has 28 heavy (non-hydrogen) atoms. The van der Waals surface area contributed by atoms with Crippen molar-refractivity contribution in [1.29, 1.82) is 0 Å². The normalized spacial score (nSPS) is 19.2. The largest absolute Gasteiger partial charge is 0.464 e. The highest BCUT2D eigenvalue weighted by atomic mass is 32.2. The molecule has 0 saturated heterocycles. The molecule has 0 amide bonds. The molecule has 0 bridgehead atoms. The zero-order chi connectivity index (χ0) is 20.9. The van der Waals surface area contributed by atoms with Crippen molar-refractivity contribution in [1.82, 2.24) is 0 Å². The maximum absolute atomic E-state index is 12.6. The minimum absolute atomic E-state index is 0.382. The molecule has 1 aliphatic carbocycles. The van der Waals surface area contributed by atoms with Crippen molar-refractivity contribution < 1.29 is 32.0 Å². The predicted octanol–water partition coefficient (Wildman–Crippen LogP) is -2.74. The number of benzene rings is 1. The fourth-order valence-electron chi connectivity index (χ4n) is 3.29. The van der Waals surface area contributed by atoms with Crippen LogP contribution < -0.4 is 10.9 Å². The van der Waals surface area contributed by atoms with Crippen LogP contribution in [0.5, 0.6) is 0 Å². The second-order valence-electron chi connectivity index (χ2n) is 6.93. The number of carbonyl (C=O) groups is 2. The topological polar surface area (TPSA) is 107 Å². The van der Waals surface area contributed by atoms with Crippen LogP contribution in [0.3, 0.4) is 0 Å². The van der Waals surface area contributed by atoms with Crippen LogP contribution in [0.15, 0.2) is 24.3 Å². The molecule has 2 atom stereocenters. The van der Waals surface area contributed by atoms with Gasteiger partial charge in [0.2, 0.25) is 0 Å². The van der Waals surface area contributed by atoms with E-state index in [2.05, 4.69) is 0 Å². The Bertz CT molecular complexity index is 883. The second-order valence-corrected chi connectivity index (χ2v) is 8.50. The van der Waals surface area contributed by atoms with Gasteiger partial charge in [-0.2, -0.15) is 8.42 Å². The highest BCUT2D eigenvalue weighted by Gasteiger charge is 2.26. The average molecular weight is 404 g/mol. The Balaban J connectivity index is 1.95. The lowest BCUT2D eigenvalue weighted by molar-refractivity contribution is -0.146. The molecule has 0 spiro atoms. The van der Waals surface area contributed by atoms with E-state index in [1.165, 1.54) is 0 Å². The quantitative estimate of drug-likeness (QED) is 0.228. The first kappa shape index (κ1) is 22.3. The lowest BCUT2D eigenvalue weighted by Crippen LogP contribution is -2.28. The van der Waals surface area contributed by atoms with Gasteiger partial charge in [-0.05, 0) is 24.5 Å². The van der Waals surface area contributed by atoms with Crippen molar-refractivity contribution in [2.45, 2.75) is 25.3 Å². The van der Waals surface area contributed by atoms with Crippen LogP contribution in [-0.4, -0.2) is 66.9 Å². The summed E-state index contributed by atoms with van der Waals surface area (Å²) in [4.78, 5) is 24.6. The standard InChI is InChI=1S/C17H23B3O7S/c18-9-14-13(7-11(19)8-15(14)20)17(22)27-12-3-1-10(2-4-12)16(21)26-5-6-28(23,24)25/h1,3,7-8,10,12H,2,4-6,9,18-20H2,(H,23,24,25). The lowest BCUT2D eigenvalue weighted by Gasteiger charge is -2.23. The molecular formula is C17H23B3O7S. The zero-order valence-corrected chi connectivity index (χ0v) is 17.1. The minimum Gasteiger partial charge on any atom is -0.464 e. The summed E-state index contributed by atoms with van der Waals surface area (Å²) < 4.78 is 40.4. The Morgan fingerprint density at radius 1 is 1.18 bits per heavy atom. The van der Waals surface area contributed by atoms with Gasteiger partial charge in [0.05, 0.1) is 11.5 Å². The molecule has 0 aliphatic heterocycles. The maximum Gasteiger partial charge on any atom is 0.338 e. The molecule has 1 aromatic rings. The monoisotopic (exact) mass is 404 g/mol. The number of hydrogen-bond donors (Lipinski definition) is 1.